The van der Waals surface area contributed by atoms with Crippen LogP contribution in [0.3, 0.4) is 0 Å². The van der Waals surface area contributed by atoms with E-state index in [0.29, 0.717) is 30.3 Å². The first-order valence-corrected chi connectivity index (χ1v) is 9.89. The van der Waals surface area contributed by atoms with E-state index in [1.54, 1.807) is 24.5 Å². The average Bonchev–Trinajstić information content (AvgIpc) is 2.82. The molecule has 1 aliphatic heterocycles. The van der Waals surface area contributed by atoms with Crippen LogP contribution in [0, 0.1) is 0 Å². The number of pyridine rings is 2. The number of anilines is 1. The Morgan fingerprint density at radius 1 is 1.06 bits per heavy atom. The monoisotopic (exact) mass is 412 g/mol. The summed E-state index contributed by atoms with van der Waals surface area (Å²) >= 11 is 0. The average molecular weight is 412 g/mol. The number of nitrogens with two attached hydrogens (primary N) is 1. The van der Waals surface area contributed by atoms with Crippen molar-refractivity contribution >= 4 is 22.5 Å². The molecule has 3 N–H and O–H groups in total. The van der Waals surface area contributed by atoms with Crippen molar-refractivity contribution in [2.45, 2.75) is 13.2 Å². The molecule has 0 saturated heterocycles. The third-order valence-electron chi connectivity index (χ3n) is 5.26. The summed E-state index contributed by atoms with van der Waals surface area (Å²) in [5.74, 6) is 0.130. The third-order valence-corrected chi connectivity index (χ3v) is 5.26. The number of amides is 1. The van der Waals surface area contributed by atoms with Crippen LogP contribution in [0.1, 0.15) is 21.6 Å². The largest absolute Gasteiger partial charge is 0.487 e. The lowest BCUT2D eigenvalue weighted by Crippen LogP contribution is -2.15. The summed E-state index contributed by atoms with van der Waals surface area (Å²) < 4.78 is 11.6. The third kappa shape index (κ3) is 3.78. The van der Waals surface area contributed by atoms with Gasteiger partial charge in [-0.3, -0.25) is 14.8 Å². The number of carbonyl (C=O) groups is 1. The number of nitrogens with zero attached hydrogens (tertiary/aromatic N) is 2. The molecule has 1 amide bonds. The number of carbonyl (C=O) groups excluding carboxylic acids is 1. The van der Waals surface area contributed by atoms with E-state index < -0.39 is 5.91 Å². The second-order valence-electron chi connectivity index (χ2n) is 7.24. The molecule has 31 heavy (non-hydrogen) atoms. The number of rotatable bonds is 5. The van der Waals surface area contributed by atoms with Gasteiger partial charge < -0.3 is 20.5 Å². The van der Waals surface area contributed by atoms with Crippen molar-refractivity contribution in [3.8, 4) is 16.9 Å². The summed E-state index contributed by atoms with van der Waals surface area (Å²) in [6.07, 6.45) is 3.37. The maximum atomic E-state index is 11.7. The van der Waals surface area contributed by atoms with Gasteiger partial charge in [-0.15, -0.1) is 0 Å². The summed E-state index contributed by atoms with van der Waals surface area (Å²) in [5.41, 5.74) is 11.3. The minimum absolute atomic E-state index is 0.120. The maximum absolute atomic E-state index is 11.7. The van der Waals surface area contributed by atoms with Gasteiger partial charge in [-0.2, -0.15) is 0 Å². The molecule has 1 aliphatic rings. The zero-order chi connectivity index (χ0) is 21.2. The summed E-state index contributed by atoms with van der Waals surface area (Å²) in [6, 6.07) is 17.4. The number of aromatic nitrogens is 2. The Kier molecular flexibility index (Phi) is 4.93. The van der Waals surface area contributed by atoms with Gasteiger partial charge in [0.05, 0.1) is 23.4 Å². The van der Waals surface area contributed by atoms with Crippen LogP contribution < -0.4 is 15.8 Å². The van der Waals surface area contributed by atoms with E-state index >= 15 is 0 Å². The molecule has 5 rings (SSSR count). The second-order valence-corrected chi connectivity index (χ2v) is 7.24. The lowest BCUT2D eigenvalue weighted by atomic mass is 9.99. The fraction of sp³-hybridized carbons (Fsp3) is 0.125. The van der Waals surface area contributed by atoms with Crippen molar-refractivity contribution in [1.29, 1.82) is 0 Å². The van der Waals surface area contributed by atoms with Crippen LogP contribution in [0.25, 0.3) is 22.0 Å². The van der Waals surface area contributed by atoms with Crippen molar-refractivity contribution in [1.82, 2.24) is 9.97 Å². The number of primary amides is 1. The van der Waals surface area contributed by atoms with E-state index in [1.165, 1.54) is 0 Å². The number of ether oxygens (including phenoxy) is 2. The lowest BCUT2D eigenvalue weighted by molar-refractivity contribution is 0.0997. The van der Waals surface area contributed by atoms with Crippen LogP contribution in [-0.4, -0.2) is 22.6 Å². The fourth-order valence-electron chi connectivity index (χ4n) is 3.71. The molecule has 0 unspecified atom stereocenters. The molecule has 7 nitrogen and oxygen atoms in total. The van der Waals surface area contributed by atoms with Crippen LogP contribution in [0.4, 0.5) is 5.69 Å². The fourth-order valence-corrected chi connectivity index (χ4v) is 3.71. The standard InChI is InChI=1S/C24H20N4O3/c25-24(29)19-4-2-8-27-22(19)13-31-23-11-16(10-21-18(23)3-1-7-26-21)15-5-6-20-17(9-15)12-30-14-28-20/h1-11,28H,12-14H2,(H2,25,29). The highest BCUT2D eigenvalue weighted by Crippen LogP contribution is 2.34. The zero-order valence-corrected chi connectivity index (χ0v) is 16.7. The topological polar surface area (TPSA) is 99.4 Å². The zero-order valence-electron chi connectivity index (χ0n) is 16.7. The number of hydrogen-bond donors (Lipinski definition) is 2. The quantitative estimate of drug-likeness (QED) is 0.516. The normalized spacial score (nSPS) is 12.8. The molecule has 2 aromatic heterocycles. The van der Waals surface area contributed by atoms with E-state index in [9.17, 15) is 4.79 Å². The predicted molar refractivity (Wildman–Crippen MR) is 118 cm³/mol. The molecule has 2 aromatic carbocycles. The molecule has 0 bridgehead atoms. The summed E-state index contributed by atoms with van der Waals surface area (Å²) in [5, 5.41) is 4.11. The van der Waals surface area contributed by atoms with Gasteiger partial charge in [0.25, 0.3) is 5.91 Å². The predicted octanol–water partition coefficient (Wildman–Crippen LogP) is 3.87. The Balaban J connectivity index is 1.53. The molecule has 0 radical (unpaired) electrons. The van der Waals surface area contributed by atoms with E-state index in [4.69, 9.17) is 15.2 Å². The molecule has 3 heterocycles. The first kappa shape index (κ1) is 19.0. The molecule has 0 fully saturated rings. The van der Waals surface area contributed by atoms with Crippen LogP contribution in [0.5, 0.6) is 5.75 Å². The molecule has 0 spiro atoms. The van der Waals surface area contributed by atoms with Gasteiger partial charge >= 0.3 is 0 Å². The van der Waals surface area contributed by atoms with Crippen LogP contribution in [0.2, 0.25) is 0 Å². The summed E-state index contributed by atoms with van der Waals surface area (Å²) in [7, 11) is 0. The van der Waals surface area contributed by atoms with Gasteiger partial charge in [-0.1, -0.05) is 6.07 Å². The van der Waals surface area contributed by atoms with Crippen molar-refractivity contribution in [2.24, 2.45) is 5.73 Å². The minimum Gasteiger partial charge on any atom is -0.487 e. The molecular formula is C24H20N4O3. The molecule has 0 aliphatic carbocycles. The maximum Gasteiger partial charge on any atom is 0.250 e. The first-order chi connectivity index (χ1) is 15.2. The Morgan fingerprint density at radius 2 is 1.94 bits per heavy atom. The Morgan fingerprint density at radius 3 is 2.84 bits per heavy atom. The Hall–Kier alpha value is -3.97. The summed E-state index contributed by atoms with van der Waals surface area (Å²) in [6.45, 7) is 1.21. The molecule has 0 atom stereocenters. The highest BCUT2D eigenvalue weighted by atomic mass is 16.5. The number of benzene rings is 2. The van der Waals surface area contributed by atoms with Crippen molar-refractivity contribution in [3.63, 3.8) is 0 Å². The number of nitrogens with one attached hydrogen (secondary N) is 1. The molecular weight excluding hydrogens is 392 g/mol. The van der Waals surface area contributed by atoms with Gasteiger partial charge in [0, 0.05) is 29.0 Å². The van der Waals surface area contributed by atoms with E-state index in [-0.39, 0.29) is 6.61 Å². The van der Waals surface area contributed by atoms with Gasteiger partial charge in [0.1, 0.15) is 19.1 Å². The van der Waals surface area contributed by atoms with Gasteiger partial charge in [-0.25, -0.2) is 0 Å². The lowest BCUT2D eigenvalue weighted by Gasteiger charge is -2.19. The molecule has 0 saturated carbocycles. The van der Waals surface area contributed by atoms with Gasteiger partial charge in [-0.05, 0) is 59.7 Å². The molecule has 154 valence electrons. The van der Waals surface area contributed by atoms with Crippen LogP contribution in [-0.2, 0) is 18.0 Å². The number of hydrogen-bond acceptors (Lipinski definition) is 6. The van der Waals surface area contributed by atoms with Crippen molar-refractivity contribution < 1.29 is 14.3 Å². The van der Waals surface area contributed by atoms with Gasteiger partial charge in [0.2, 0.25) is 0 Å². The van der Waals surface area contributed by atoms with Crippen LogP contribution in [0.15, 0.2) is 67.0 Å². The molecule has 7 heteroatoms. The SMILES string of the molecule is NC(=O)c1cccnc1COc1cc(-c2ccc3c(c2)COCN3)cc2ncccc12. The summed E-state index contributed by atoms with van der Waals surface area (Å²) in [4.78, 5) is 20.5. The van der Waals surface area contributed by atoms with E-state index in [2.05, 4.69) is 33.5 Å². The smallest absolute Gasteiger partial charge is 0.250 e. The van der Waals surface area contributed by atoms with E-state index in [0.717, 1.165) is 33.3 Å². The van der Waals surface area contributed by atoms with Gasteiger partial charge in [0.15, 0.2) is 0 Å². The minimum atomic E-state index is -0.531. The highest BCUT2D eigenvalue weighted by Gasteiger charge is 2.14. The number of fused-ring (bicyclic) bond motifs is 2. The van der Waals surface area contributed by atoms with Crippen molar-refractivity contribution in [3.05, 3.63) is 83.8 Å². The highest BCUT2D eigenvalue weighted by molar-refractivity contribution is 5.94. The second kappa shape index (κ2) is 8.04. The Bertz CT molecular complexity index is 1290. The first-order valence-electron chi connectivity index (χ1n) is 9.89. The molecule has 4 aromatic rings. The van der Waals surface area contributed by atoms with Crippen LogP contribution >= 0.6 is 0 Å². The van der Waals surface area contributed by atoms with Crippen molar-refractivity contribution in [2.75, 3.05) is 12.0 Å². The Labute approximate surface area is 178 Å². The van der Waals surface area contributed by atoms with E-state index in [1.807, 2.05) is 24.3 Å².